The Morgan fingerprint density at radius 3 is 2.93 bits per heavy atom. The molecule has 2 aromatic rings. The zero-order chi connectivity index (χ0) is 9.71. The number of imidazole rings is 1. The fraction of sp³-hybridized carbons (Fsp3) is 0.364. The van der Waals surface area contributed by atoms with Gasteiger partial charge in [-0.1, -0.05) is 17.7 Å². The van der Waals surface area contributed by atoms with Gasteiger partial charge in [-0.15, -0.1) is 0 Å². The molecule has 14 heavy (non-hydrogen) atoms. The van der Waals surface area contributed by atoms with Gasteiger partial charge in [0.25, 0.3) is 0 Å². The third-order valence-corrected chi connectivity index (χ3v) is 2.99. The molecule has 0 aromatic carbocycles. The molecule has 0 atom stereocenters. The summed E-state index contributed by atoms with van der Waals surface area (Å²) in [5.74, 6) is 1.77. The predicted octanol–water partition coefficient (Wildman–Crippen LogP) is 3.17. The Kier molecular flexibility index (Phi) is 1.62. The molecule has 3 rings (SSSR count). The Labute approximate surface area is 87.5 Å². The van der Waals surface area contributed by atoms with E-state index in [0.717, 1.165) is 11.3 Å². The first kappa shape index (κ1) is 8.30. The van der Waals surface area contributed by atoms with E-state index >= 15 is 0 Å². The van der Waals surface area contributed by atoms with Gasteiger partial charge in [0.1, 0.15) is 5.82 Å². The Morgan fingerprint density at radius 1 is 1.43 bits per heavy atom. The van der Waals surface area contributed by atoms with Crippen molar-refractivity contribution in [1.82, 2.24) is 9.38 Å². The van der Waals surface area contributed by atoms with E-state index in [2.05, 4.69) is 28.6 Å². The molecule has 1 aliphatic rings. The summed E-state index contributed by atoms with van der Waals surface area (Å²) in [4.78, 5) is 4.42. The summed E-state index contributed by atoms with van der Waals surface area (Å²) in [6, 6.07) is 4.11. The van der Waals surface area contributed by atoms with Gasteiger partial charge in [-0.25, -0.2) is 4.98 Å². The number of halogens is 1. The van der Waals surface area contributed by atoms with E-state index in [1.54, 1.807) is 0 Å². The van der Waals surface area contributed by atoms with Crippen LogP contribution in [0.1, 0.15) is 30.1 Å². The van der Waals surface area contributed by atoms with E-state index in [1.165, 1.54) is 18.4 Å². The van der Waals surface area contributed by atoms with Crippen molar-refractivity contribution >= 4 is 17.1 Å². The monoisotopic (exact) mass is 206 g/mol. The SMILES string of the molecule is Cc1ccc2c(Cl)nc(C3CC3)n2c1. The lowest BCUT2D eigenvalue weighted by molar-refractivity contribution is 0.917. The molecule has 1 fully saturated rings. The van der Waals surface area contributed by atoms with Crippen LogP contribution in [0, 0.1) is 6.92 Å². The fourth-order valence-electron chi connectivity index (χ4n) is 1.81. The van der Waals surface area contributed by atoms with Gasteiger partial charge in [0.2, 0.25) is 0 Å². The Morgan fingerprint density at radius 2 is 2.21 bits per heavy atom. The molecule has 3 heteroatoms. The van der Waals surface area contributed by atoms with E-state index in [0.29, 0.717) is 11.1 Å². The van der Waals surface area contributed by atoms with E-state index in [4.69, 9.17) is 11.6 Å². The lowest BCUT2D eigenvalue weighted by atomic mass is 10.3. The normalized spacial score (nSPS) is 16.4. The van der Waals surface area contributed by atoms with E-state index < -0.39 is 0 Å². The zero-order valence-electron chi connectivity index (χ0n) is 8.00. The first-order valence-corrected chi connectivity index (χ1v) is 5.27. The highest BCUT2D eigenvalue weighted by atomic mass is 35.5. The second-order valence-corrected chi connectivity index (χ2v) is 4.35. The number of pyridine rings is 1. The highest BCUT2D eigenvalue weighted by Gasteiger charge is 2.28. The van der Waals surface area contributed by atoms with E-state index in [9.17, 15) is 0 Å². The second kappa shape index (κ2) is 2.74. The van der Waals surface area contributed by atoms with Gasteiger partial charge in [-0.2, -0.15) is 0 Å². The minimum absolute atomic E-state index is 0.631. The quantitative estimate of drug-likeness (QED) is 0.701. The standard InChI is InChI=1S/C11H11ClN2/c1-7-2-5-9-10(12)13-11(8-3-4-8)14(9)6-7/h2,5-6,8H,3-4H2,1H3. The van der Waals surface area contributed by atoms with Crippen molar-refractivity contribution in [3.8, 4) is 0 Å². The largest absolute Gasteiger partial charge is 0.302 e. The topological polar surface area (TPSA) is 17.3 Å². The van der Waals surface area contributed by atoms with Crippen molar-refractivity contribution in [2.75, 3.05) is 0 Å². The van der Waals surface area contributed by atoms with Crippen LogP contribution in [0.4, 0.5) is 0 Å². The van der Waals surface area contributed by atoms with E-state index in [-0.39, 0.29) is 0 Å². The van der Waals surface area contributed by atoms with Crippen LogP contribution >= 0.6 is 11.6 Å². The van der Waals surface area contributed by atoms with Gasteiger partial charge in [-0.3, -0.25) is 0 Å². The second-order valence-electron chi connectivity index (χ2n) is 4.00. The van der Waals surface area contributed by atoms with Gasteiger partial charge in [-0.05, 0) is 31.4 Å². The highest BCUT2D eigenvalue weighted by molar-refractivity contribution is 6.32. The van der Waals surface area contributed by atoms with Crippen molar-refractivity contribution in [2.24, 2.45) is 0 Å². The van der Waals surface area contributed by atoms with E-state index in [1.807, 2.05) is 6.07 Å². The van der Waals surface area contributed by atoms with Crippen molar-refractivity contribution < 1.29 is 0 Å². The molecule has 0 unspecified atom stereocenters. The number of fused-ring (bicyclic) bond motifs is 1. The predicted molar refractivity (Wildman–Crippen MR) is 56.9 cm³/mol. The minimum Gasteiger partial charge on any atom is -0.302 e. The minimum atomic E-state index is 0.631. The Bertz CT molecular complexity index is 497. The van der Waals surface area contributed by atoms with Gasteiger partial charge < -0.3 is 4.40 Å². The molecule has 2 heterocycles. The summed E-state index contributed by atoms with van der Waals surface area (Å²) in [6.07, 6.45) is 4.62. The van der Waals surface area contributed by atoms with Gasteiger partial charge >= 0.3 is 0 Å². The first-order valence-electron chi connectivity index (χ1n) is 4.90. The molecule has 0 bridgehead atoms. The Balaban J connectivity index is 2.33. The smallest absolute Gasteiger partial charge is 0.155 e. The van der Waals surface area contributed by atoms with Crippen LogP contribution in [0.15, 0.2) is 18.3 Å². The van der Waals surface area contributed by atoms with Crippen LogP contribution < -0.4 is 0 Å². The van der Waals surface area contributed by atoms with Gasteiger partial charge in [0.05, 0.1) is 5.52 Å². The molecule has 1 saturated carbocycles. The maximum atomic E-state index is 6.07. The van der Waals surface area contributed by atoms with Crippen LogP contribution in [0.3, 0.4) is 0 Å². The van der Waals surface area contributed by atoms with Crippen LogP contribution in [-0.4, -0.2) is 9.38 Å². The third-order valence-electron chi connectivity index (χ3n) is 2.71. The molecule has 0 aliphatic heterocycles. The maximum Gasteiger partial charge on any atom is 0.155 e. The molecular weight excluding hydrogens is 196 g/mol. The molecule has 0 saturated heterocycles. The molecule has 2 aromatic heterocycles. The molecule has 72 valence electrons. The number of hydrogen-bond donors (Lipinski definition) is 0. The summed E-state index contributed by atoms with van der Waals surface area (Å²) in [6.45, 7) is 2.09. The highest BCUT2D eigenvalue weighted by Crippen LogP contribution is 2.40. The fourth-order valence-corrected chi connectivity index (χ4v) is 2.05. The van der Waals surface area contributed by atoms with Crippen molar-refractivity contribution in [3.05, 3.63) is 34.9 Å². The molecule has 0 radical (unpaired) electrons. The van der Waals surface area contributed by atoms with Crippen molar-refractivity contribution in [2.45, 2.75) is 25.7 Å². The maximum absolute atomic E-state index is 6.07. The molecule has 1 aliphatic carbocycles. The molecular formula is C11H11ClN2. The number of aryl methyl sites for hydroxylation is 1. The average Bonchev–Trinajstić information content (AvgIpc) is 2.93. The third kappa shape index (κ3) is 1.14. The van der Waals surface area contributed by atoms with Crippen LogP contribution in [0.2, 0.25) is 5.15 Å². The summed E-state index contributed by atoms with van der Waals surface area (Å²) < 4.78 is 2.13. The van der Waals surface area contributed by atoms with Crippen LogP contribution in [0.5, 0.6) is 0 Å². The number of aromatic nitrogens is 2. The summed E-state index contributed by atoms with van der Waals surface area (Å²) in [5, 5.41) is 0.631. The number of nitrogens with zero attached hydrogens (tertiary/aromatic N) is 2. The number of hydrogen-bond acceptors (Lipinski definition) is 1. The summed E-state index contributed by atoms with van der Waals surface area (Å²) in [7, 11) is 0. The van der Waals surface area contributed by atoms with Crippen molar-refractivity contribution in [1.29, 1.82) is 0 Å². The summed E-state index contributed by atoms with van der Waals surface area (Å²) in [5.41, 5.74) is 2.27. The van der Waals surface area contributed by atoms with Gasteiger partial charge in [0.15, 0.2) is 5.15 Å². The molecule has 0 N–H and O–H groups in total. The Hall–Kier alpha value is -1.02. The summed E-state index contributed by atoms with van der Waals surface area (Å²) >= 11 is 6.07. The van der Waals surface area contributed by atoms with Crippen LogP contribution in [0.25, 0.3) is 5.52 Å². The van der Waals surface area contributed by atoms with Crippen LogP contribution in [-0.2, 0) is 0 Å². The molecule has 0 spiro atoms. The van der Waals surface area contributed by atoms with Crippen molar-refractivity contribution in [3.63, 3.8) is 0 Å². The van der Waals surface area contributed by atoms with Gasteiger partial charge in [0, 0.05) is 12.1 Å². The number of rotatable bonds is 1. The first-order chi connectivity index (χ1) is 6.75. The molecule has 0 amide bonds. The lowest BCUT2D eigenvalue weighted by Gasteiger charge is -1.99. The lowest BCUT2D eigenvalue weighted by Crippen LogP contribution is -1.92. The zero-order valence-corrected chi connectivity index (χ0v) is 8.75. The average molecular weight is 207 g/mol. The molecule has 2 nitrogen and oxygen atoms in total.